The lowest BCUT2D eigenvalue weighted by atomic mass is 10.1. The van der Waals surface area contributed by atoms with E-state index in [4.69, 9.17) is 0 Å². The highest BCUT2D eigenvalue weighted by Crippen LogP contribution is 2.30. The van der Waals surface area contributed by atoms with Crippen LogP contribution >= 0.6 is 12.4 Å². The summed E-state index contributed by atoms with van der Waals surface area (Å²) in [4.78, 5) is 13.4. The van der Waals surface area contributed by atoms with Crippen molar-refractivity contribution < 1.29 is 4.92 Å². The van der Waals surface area contributed by atoms with Gasteiger partial charge in [0.1, 0.15) is 5.69 Å². The van der Waals surface area contributed by atoms with Gasteiger partial charge in [-0.05, 0) is 37.5 Å². The molecule has 0 aromatic heterocycles. The third-order valence-corrected chi connectivity index (χ3v) is 4.77. The van der Waals surface area contributed by atoms with Gasteiger partial charge in [-0.2, -0.15) is 0 Å². The Labute approximate surface area is 166 Å². The highest BCUT2D eigenvalue weighted by molar-refractivity contribution is 5.85. The zero-order valence-electron chi connectivity index (χ0n) is 15.6. The number of piperazine rings is 1. The maximum atomic E-state index is 11.4. The van der Waals surface area contributed by atoms with Crippen molar-refractivity contribution in [3.05, 3.63) is 64.2 Å². The molecule has 1 unspecified atom stereocenters. The lowest BCUT2D eigenvalue weighted by Gasteiger charge is -2.30. The molecule has 1 saturated heterocycles. The second-order valence-corrected chi connectivity index (χ2v) is 6.77. The second kappa shape index (κ2) is 10.1. The van der Waals surface area contributed by atoms with E-state index in [0.29, 0.717) is 5.69 Å². The highest BCUT2D eigenvalue weighted by Gasteiger charge is 2.19. The predicted molar refractivity (Wildman–Crippen MR) is 113 cm³/mol. The van der Waals surface area contributed by atoms with Crippen LogP contribution in [-0.4, -0.2) is 37.1 Å². The Morgan fingerprint density at radius 2 is 1.89 bits per heavy atom. The quantitative estimate of drug-likeness (QED) is 0.555. The van der Waals surface area contributed by atoms with Crippen LogP contribution in [0.1, 0.15) is 18.9 Å². The van der Waals surface area contributed by atoms with E-state index in [1.165, 1.54) is 5.56 Å². The fourth-order valence-corrected chi connectivity index (χ4v) is 3.28. The van der Waals surface area contributed by atoms with Crippen molar-refractivity contribution in [3.8, 4) is 0 Å². The molecule has 3 rings (SSSR count). The molecule has 1 atom stereocenters. The number of nitro benzene ring substituents is 1. The van der Waals surface area contributed by atoms with Crippen LogP contribution in [0.5, 0.6) is 0 Å². The zero-order chi connectivity index (χ0) is 18.4. The molecule has 1 heterocycles. The van der Waals surface area contributed by atoms with Crippen LogP contribution < -0.4 is 15.5 Å². The molecular formula is C20H27ClN4O2. The molecule has 0 aliphatic carbocycles. The molecule has 0 bridgehead atoms. The van der Waals surface area contributed by atoms with E-state index in [1.54, 1.807) is 6.07 Å². The minimum atomic E-state index is -0.312. The Balaban J connectivity index is 0.00000261. The van der Waals surface area contributed by atoms with Crippen LogP contribution in [0.4, 0.5) is 17.1 Å². The first-order valence-corrected chi connectivity index (χ1v) is 9.18. The summed E-state index contributed by atoms with van der Waals surface area (Å²) >= 11 is 0. The van der Waals surface area contributed by atoms with Gasteiger partial charge < -0.3 is 15.5 Å². The van der Waals surface area contributed by atoms with E-state index < -0.39 is 0 Å². The third-order valence-electron chi connectivity index (χ3n) is 4.77. The number of aryl methyl sites for hydroxylation is 1. The summed E-state index contributed by atoms with van der Waals surface area (Å²) in [6.45, 7) is 5.78. The number of nitrogens with zero attached hydrogens (tertiary/aromatic N) is 2. The van der Waals surface area contributed by atoms with E-state index >= 15 is 0 Å². The highest BCUT2D eigenvalue weighted by atomic mass is 35.5. The van der Waals surface area contributed by atoms with Crippen molar-refractivity contribution in [3.63, 3.8) is 0 Å². The van der Waals surface area contributed by atoms with Crippen LogP contribution in [0.15, 0.2) is 48.5 Å². The first-order valence-electron chi connectivity index (χ1n) is 9.18. The zero-order valence-corrected chi connectivity index (χ0v) is 16.4. The first-order chi connectivity index (χ1) is 12.6. The minimum absolute atomic E-state index is 0. The lowest BCUT2D eigenvalue weighted by Crippen LogP contribution is -2.43. The van der Waals surface area contributed by atoms with Crippen LogP contribution in [0.25, 0.3) is 0 Å². The van der Waals surface area contributed by atoms with Crippen molar-refractivity contribution in [2.45, 2.75) is 25.8 Å². The maximum absolute atomic E-state index is 11.4. The number of halogens is 1. The Morgan fingerprint density at radius 1 is 1.19 bits per heavy atom. The Kier molecular flexibility index (Phi) is 7.88. The molecule has 0 saturated carbocycles. The summed E-state index contributed by atoms with van der Waals surface area (Å²) in [5.74, 6) is 0. The SMILES string of the molecule is CC(CCc1ccccc1)Nc1cc(N2CCNCC2)ccc1[N+](=O)[O-].Cl. The Morgan fingerprint density at radius 3 is 2.56 bits per heavy atom. The van der Waals surface area contributed by atoms with Gasteiger partial charge in [0.05, 0.1) is 4.92 Å². The number of nitrogens with one attached hydrogen (secondary N) is 2. The smallest absolute Gasteiger partial charge is 0.292 e. The average Bonchev–Trinajstić information content (AvgIpc) is 2.67. The molecule has 0 amide bonds. The van der Waals surface area contributed by atoms with Gasteiger partial charge in [-0.1, -0.05) is 30.3 Å². The third kappa shape index (κ3) is 5.84. The normalized spacial score (nSPS) is 14.9. The molecule has 2 N–H and O–H groups in total. The van der Waals surface area contributed by atoms with E-state index in [0.717, 1.165) is 44.7 Å². The Hall–Kier alpha value is -2.31. The standard InChI is InChI=1S/C20H26N4O2.ClH/c1-16(7-8-17-5-3-2-4-6-17)22-19-15-18(9-10-20(19)24(25)26)23-13-11-21-12-14-23;/h2-6,9-10,15-16,21-22H,7-8,11-14H2,1H3;1H. The van der Waals surface area contributed by atoms with Gasteiger partial charge in [-0.3, -0.25) is 10.1 Å². The van der Waals surface area contributed by atoms with Crippen molar-refractivity contribution in [1.29, 1.82) is 0 Å². The van der Waals surface area contributed by atoms with E-state index in [2.05, 4.69) is 34.6 Å². The summed E-state index contributed by atoms with van der Waals surface area (Å²) in [6, 6.07) is 15.8. The van der Waals surface area contributed by atoms with Crippen molar-refractivity contribution in [2.75, 3.05) is 36.4 Å². The first kappa shape index (κ1) is 21.0. The maximum Gasteiger partial charge on any atom is 0.292 e. The van der Waals surface area contributed by atoms with Gasteiger partial charge in [0.2, 0.25) is 0 Å². The summed E-state index contributed by atoms with van der Waals surface area (Å²) < 4.78 is 0. The molecule has 2 aromatic carbocycles. The topological polar surface area (TPSA) is 70.4 Å². The summed E-state index contributed by atoms with van der Waals surface area (Å²) in [7, 11) is 0. The van der Waals surface area contributed by atoms with Crippen molar-refractivity contribution >= 4 is 29.5 Å². The summed E-state index contributed by atoms with van der Waals surface area (Å²) in [6.07, 6.45) is 1.86. The molecule has 0 radical (unpaired) electrons. The number of nitro groups is 1. The van der Waals surface area contributed by atoms with Gasteiger partial charge in [-0.25, -0.2) is 0 Å². The van der Waals surface area contributed by atoms with Gasteiger partial charge in [0.15, 0.2) is 0 Å². The van der Waals surface area contributed by atoms with Crippen LogP contribution in [-0.2, 0) is 6.42 Å². The van der Waals surface area contributed by atoms with Gasteiger partial charge in [0.25, 0.3) is 5.69 Å². The predicted octanol–water partition coefficient (Wildman–Crippen LogP) is 3.86. The molecule has 27 heavy (non-hydrogen) atoms. The van der Waals surface area contributed by atoms with E-state index in [1.807, 2.05) is 30.3 Å². The van der Waals surface area contributed by atoms with Crippen LogP contribution in [0, 0.1) is 10.1 Å². The number of benzene rings is 2. The van der Waals surface area contributed by atoms with Crippen molar-refractivity contribution in [1.82, 2.24) is 5.32 Å². The monoisotopic (exact) mass is 390 g/mol. The molecule has 1 fully saturated rings. The molecular weight excluding hydrogens is 364 g/mol. The molecule has 0 spiro atoms. The molecule has 1 aliphatic rings. The van der Waals surface area contributed by atoms with Crippen molar-refractivity contribution in [2.24, 2.45) is 0 Å². The van der Waals surface area contributed by atoms with Crippen LogP contribution in [0.3, 0.4) is 0 Å². The Bertz CT molecular complexity index is 736. The van der Waals surface area contributed by atoms with E-state index in [-0.39, 0.29) is 29.1 Å². The van der Waals surface area contributed by atoms with Gasteiger partial charge >= 0.3 is 0 Å². The average molecular weight is 391 g/mol. The molecule has 6 nitrogen and oxygen atoms in total. The lowest BCUT2D eigenvalue weighted by molar-refractivity contribution is -0.384. The fourth-order valence-electron chi connectivity index (χ4n) is 3.28. The molecule has 1 aliphatic heterocycles. The van der Waals surface area contributed by atoms with Gasteiger partial charge in [0, 0.05) is 44.0 Å². The summed E-state index contributed by atoms with van der Waals surface area (Å²) in [5.41, 5.74) is 3.06. The van der Waals surface area contributed by atoms with E-state index in [9.17, 15) is 10.1 Å². The number of anilines is 2. The molecule has 7 heteroatoms. The molecule has 146 valence electrons. The molecule has 2 aromatic rings. The number of hydrogen-bond donors (Lipinski definition) is 2. The van der Waals surface area contributed by atoms with Gasteiger partial charge in [-0.15, -0.1) is 12.4 Å². The number of rotatable bonds is 7. The summed E-state index contributed by atoms with van der Waals surface area (Å²) in [5, 5.41) is 18.1. The second-order valence-electron chi connectivity index (χ2n) is 6.77. The fraction of sp³-hybridized carbons (Fsp3) is 0.400. The minimum Gasteiger partial charge on any atom is -0.377 e. The largest absolute Gasteiger partial charge is 0.377 e. The number of hydrogen-bond acceptors (Lipinski definition) is 5. The van der Waals surface area contributed by atoms with Crippen LogP contribution in [0.2, 0.25) is 0 Å².